The van der Waals surface area contributed by atoms with E-state index in [1.165, 1.54) is 5.57 Å². The number of nitrogens with zero attached hydrogens (tertiary/aromatic N) is 1. The average Bonchev–Trinajstić information content (AvgIpc) is 2.64. The summed E-state index contributed by atoms with van der Waals surface area (Å²) in [6.07, 6.45) is 12.9. The van der Waals surface area contributed by atoms with Crippen LogP contribution >= 0.6 is 15.9 Å². The van der Waals surface area contributed by atoms with E-state index in [-0.39, 0.29) is 0 Å². The molecule has 0 bridgehead atoms. The van der Waals surface area contributed by atoms with Crippen LogP contribution in [0.25, 0.3) is 5.57 Å². The summed E-state index contributed by atoms with van der Waals surface area (Å²) < 4.78 is 1.07. The summed E-state index contributed by atoms with van der Waals surface area (Å²) >= 11 is 3.59. The minimum absolute atomic E-state index is 0.407. The van der Waals surface area contributed by atoms with Gasteiger partial charge >= 0.3 is 0 Å². The maximum absolute atomic E-state index is 5.07. The topological polar surface area (TPSA) is 24.4 Å². The number of hydrogen-bond acceptors (Lipinski definition) is 2. The van der Waals surface area contributed by atoms with Crippen LogP contribution in [-0.4, -0.2) is 11.3 Å². The van der Waals surface area contributed by atoms with E-state index in [0.717, 1.165) is 32.7 Å². The first-order valence-corrected chi connectivity index (χ1v) is 9.07. The third-order valence-electron chi connectivity index (χ3n) is 4.85. The van der Waals surface area contributed by atoms with Gasteiger partial charge in [-0.15, -0.1) is 0 Å². The molecule has 0 fully saturated rings. The number of benzene rings is 2. The summed E-state index contributed by atoms with van der Waals surface area (Å²) in [5, 5.41) is 3.74. The quantitative estimate of drug-likeness (QED) is 0.654. The van der Waals surface area contributed by atoms with Gasteiger partial charge in [0.1, 0.15) is 5.54 Å². The number of allylic oxidation sites excluding steroid dienone is 4. The zero-order valence-corrected chi connectivity index (χ0v) is 15.0. The number of aliphatic imine (C=N–C) groups is 1. The molecule has 3 aliphatic rings. The monoisotopic (exact) mass is 386 g/mol. The number of rotatable bonds is 1. The molecule has 3 heteroatoms. The zero-order chi connectivity index (χ0) is 16.9. The van der Waals surface area contributed by atoms with Crippen molar-refractivity contribution in [2.45, 2.75) is 5.54 Å². The van der Waals surface area contributed by atoms with Gasteiger partial charge < -0.3 is 5.32 Å². The third kappa shape index (κ3) is 2.19. The van der Waals surface area contributed by atoms with Crippen LogP contribution in [0.1, 0.15) is 5.56 Å². The molecule has 1 heterocycles. The van der Waals surface area contributed by atoms with Gasteiger partial charge in [-0.2, -0.15) is 0 Å². The highest BCUT2D eigenvalue weighted by Crippen LogP contribution is 2.44. The Balaban J connectivity index is 1.78. The Hall–Kier alpha value is -2.65. The lowest BCUT2D eigenvalue weighted by molar-refractivity contribution is 0.885. The predicted molar refractivity (Wildman–Crippen MR) is 108 cm³/mol. The standard InChI is InChI=1S/C22H15BrN2/c23-17-8-5-6-15(14-17)18-12-11-16-7-3-4-13-22(16)21(18)24-19-9-1-2-10-20(19)25-22/h1-14,25H. The van der Waals surface area contributed by atoms with Crippen molar-refractivity contribution in [3.05, 3.63) is 101 Å². The zero-order valence-electron chi connectivity index (χ0n) is 13.4. The molecule has 0 saturated heterocycles. The van der Waals surface area contributed by atoms with Crippen molar-refractivity contribution in [1.29, 1.82) is 0 Å². The van der Waals surface area contributed by atoms with Crippen LogP contribution in [0, 0.1) is 0 Å². The van der Waals surface area contributed by atoms with Gasteiger partial charge in [-0.05, 0) is 41.5 Å². The van der Waals surface area contributed by atoms with Crippen molar-refractivity contribution in [2.75, 3.05) is 5.32 Å². The summed E-state index contributed by atoms with van der Waals surface area (Å²) in [4.78, 5) is 5.07. The van der Waals surface area contributed by atoms with Gasteiger partial charge in [-0.1, -0.05) is 70.6 Å². The highest BCUT2D eigenvalue weighted by atomic mass is 79.9. The fraction of sp³-hybridized carbons (Fsp3) is 0.0455. The fourth-order valence-electron chi connectivity index (χ4n) is 3.67. The van der Waals surface area contributed by atoms with Crippen molar-refractivity contribution in [2.24, 2.45) is 4.99 Å². The molecule has 25 heavy (non-hydrogen) atoms. The van der Waals surface area contributed by atoms with Gasteiger partial charge in [0.25, 0.3) is 0 Å². The molecule has 2 aromatic carbocycles. The Morgan fingerprint density at radius 3 is 2.80 bits per heavy atom. The molecule has 0 aromatic heterocycles. The second-order valence-electron chi connectivity index (χ2n) is 6.34. The Bertz CT molecular complexity index is 1040. The van der Waals surface area contributed by atoms with Crippen molar-refractivity contribution < 1.29 is 0 Å². The number of para-hydroxylation sites is 2. The molecule has 0 radical (unpaired) electrons. The Labute approximate surface area is 155 Å². The molecule has 0 amide bonds. The number of anilines is 1. The summed E-state index contributed by atoms with van der Waals surface area (Å²) in [6, 6.07) is 16.6. The van der Waals surface area contributed by atoms with Crippen LogP contribution in [0.3, 0.4) is 0 Å². The van der Waals surface area contributed by atoms with E-state index in [4.69, 9.17) is 4.99 Å². The van der Waals surface area contributed by atoms with Crippen LogP contribution in [0.5, 0.6) is 0 Å². The summed E-state index contributed by atoms with van der Waals surface area (Å²) in [5.41, 5.74) is 6.19. The highest BCUT2D eigenvalue weighted by molar-refractivity contribution is 9.10. The van der Waals surface area contributed by atoms with Crippen molar-refractivity contribution in [3.63, 3.8) is 0 Å². The fourth-order valence-corrected chi connectivity index (χ4v) is 4.07. The second-order valence-corrected chi connectivity index (χ2v) is 7.26. The minimum atomic E-state index is -0.407. The van der Waals surface area contributed by atoms with Gasteiger partial charge in [0, 0.05) is 10.0 Å². The number of nitrogens with one attached hydrogen (secondary N) is 1. The lowest BCUT2D eigenvalue weighted by Gasteiger charge is -2.42. The van der Waals surface area contributed by atoms with Crippen LogP contribution in [0.15, 0.2) is 100 Å². The van der Waals surface area contributed by atoms with E-state index in [2.05, 4.69) is 88.0 Å². The molecule has 5 rings (SSSR count). The largest absolute Gasteiger partial charge is 0.365 e. The minimum Gasteiger partial charge on any atom is -0.365 e. The van der Waals surface area contributed by atoms with Gasteiger partial charge in [0.05, 0.1) is 17.1 Å². The number of fused-ring (bicyclic) bond motifs is 1. The molecule has 1 spiro atoms. The van der Waals surface area contributed by atoms with E-state index < -0.39 is 5.54 Å². The van der Waals surface area contributed by atoms with Crippen LogP contribution in [0.4, 0.5) is 11.4 Å². The molecule has 0 saturated carbocycles. The lowest BCUT2D eigenvalue weighted by atomic mass is 9.73. The Morgan fingerprint density at radius 2 is 1.88 bits per heavy atom. The van der Waals surface area contributed by atoms with Crippen LogP contribution < -0.4 is 5.32 Å². The van der Waals surface area contributed by atoms with Gasteiger partial charge in [-0.3, -0.25) is 0 Å². The molecule has 1 N–H and O–H groups in total. The Morgan fingerprint density at radius 1 is 0.960 bits per heavy atom. The van der Waals surface area contributed by atoms with E-state index >= 15 is 0 Å². The third-order valence-corrected chi connectivity index (χ3v) is 5.34. The SMILES string of the molecule is Brc1cccc(C2=CC=C3C=CC=CC34Nc3ccccc3N=C24)c1. The van der Waals surface area contributed by atoms with E-state index in [0.29, 0.717) is 0 Å². The molecule has 2 aromatic rings. The highest BCUT2D eigenvalue weighted by Gasteiger charge is 2.43. The first-order valence-electron chi connectivity index (χ1n) is 8.27. The number of halogens is 1. The Kier molecular flexibility index (Phi) is 3.19. The molecule has 120 valence electrons. The van der Waals surface area contributed by atoms with Gasteiger partial charge in [0.15, 0.2) is 0 Å². The van der Waals surface area contributed by atoms with Crippen molar-refractivity contribution in [1.82, 2.24) is 0 Å². The predicted octanol–water partition coefficient (Wildman–Crippen LogP) is 5.84. The van der Waals surface area contributed by atoms with Crippen molar-refractivity contribution in [3.8, 4) is 0 Å². The van der Waals surface area contributed by atoms with Gasteiger partial charge in [0.2, 0.25) is 0 Å². The van der Waals surface area contributed by atoms with E-state index in [1.807, 2.05) is 18.2 Å². The average molecular weight is 387 g/mol. The molecule has 1 unspecified atom stereocenters. The molecular formula is C22H15BrN2. The smallest absolute Gasteiger partial charge is 0.125 e. The summed E-state index contributed by atoms with van der Waals surface area (Å²) in [5.74, 6) is 0. The first-order chi connectivity index (χ1) is 12.3. The maximum atomic E-state index is 5.07. The lowest BCUT2D eigenvalue weighted by Crippen LogP contribution is -2.49. The number of hydrogen-bond donors (Lipinski definition) is 1. The molecule has 1 atom stereocenters. The van der Waals surface area contributed by atoms with Gasteiger partial charge in [-0.25, -0.2) is 4.99 Å². The van der Waals surface area contributed by atoms with Crippen molar-refractivity contribution >= 4 is 38.6 Å². The first kappa shape index (κ1) is 14.7. The summed E-state index contributed by atoms with van der Waals surface area (Å²) in [6.45, 7) is 0. The van der Waals surface area contributed by atoms with Crippen LogP contribution in [0.2, 0.25) is 0 Å². The normalized spacial score (nSPS) is 22.7. The van der Waals surface area contributed by atoms with Crippen LogP contribution in [-0.2, 0) is 0 Å². The molecular weight excluding hydrogens is 372 g/mol. The maximum Gasteiger partial charge on any atom is 0.125 e. The molecule has 2 nitrogen and oxygen atoms in total. The molecule has 2 aliphatic carbocycles. The second kappa shape index (κ2) is 5.43. The molecule has 1 aliphatic heterocycles. The van der Waals surface area contributed by atoms with E-state index in [1.54, 1.807) is 0 Å². The van der Waals surface area contributed by atoms with E-state index in [9.17, 15) is 0 Å². The summed E-state index contributed by atoms with van der Waals surface area (Å²) in [7, 11) is 0.